The second kappa shape index (κ2) is 16.9. The second-order valence-corrected chi connectivity index (χ2v) is 20.1. The number of fused-ring (bicyclic) bond motifs is 2. The molecule has 3 aromatic carbocycles. The van der Waals surface area contributed by atoms with E-state index in [1.165, 1.54) is 11.1 Å². The molecule has 3 N–H and O–H groups in total. The highest BCUT2D eigenvalue weighted by Crippen LogP contribution is 2.49. The van der Waals surface area contributed by atoms with Gasteiger partial charge in [-0.2, -0.15) is 21.4 Å². The van der Waals surface area contributed by atoms with Gasteiger partial charge in [-0.05, 0) is 99.1 Å². The fraction of sp³-hybridized carbons (Fsp3) is 0.364. The van der Waals surface area contributed by atoms with Crippen LogP contribution in [0.25, 0.3) is 0 Å². The molecule has 1 aliphatic carbocycles. The number of para-hydroxylation sites is 2. The van der Waals surface area contributed by atoms with E-state index in [-0.39, 0.29) is 27.9 Å². The first-order chi connectivity index (χ1) is 26.9. The number of hydrogen-bond acceptors (Lipinski definition) is 7. The van der Waals surface area contributed by atoms with Crippen LogP contribution in [0, 0.1) is 0 Å². The van der Waals surface area contributed by atoms with Crippen LogP contribution in [-0.4, -0.2) is 71.9 Å². The summed E-state index contributed by atoms with van der Waals surface area (Å²) in [4.78, 5) is 15.9. The van der Waals surface area contributed by atoms with Crippen molar-refractivity contribution in [3.63, 3.8) is 0 Å². The molecule has 0 saturated carbocycles. The fourth-order valence-corrected chi connectivity index (χ4v) is 10.4. The molecular weight excluding hydrogens is 781 g/mol. The van der Waals surface area contributed by atoms with Gasteiger partial charge in [-0.1, -0.05) is 74.2 Å². The molecule has 0 bridgehead atoms. The lowest BCUT2D eigenvalue weighted by atomic mass is 9.81. The van der Waals surface area contributed by atoms with Crippen molar-refractivity contribution in [3.05, 3.63) is 136 Å². The molecule has 0 unspecified atom stereocenters. The minimum absolute atomic E-state index is 0.219. The summed E-state index contributed by atoms with van der Waals surface area (Å²) in [5.41, 5.74) is 8.57. The topological polar surface area (TPSA) is 152 Å². The third kappa shape index (κ3) is 9.72. The van der Waals surface area contributed by atoms with E-state index in [1.807, 2.05) is 36.4 Å². The molecule has 3 aromatic rings. The Hall–Kier alpha value is -4.27. The normalized spacial score (nSPS) is 19.0. The molecule has 0 saturated heterocycles. The Labute approximate surface area is 340 Å². The summed E-state index contributed by atoms with van der Waals surface area (Å²) in [6, 6.07) is 23.4. The molecule has 3 aliphatic rings. The largest absolute Gasteiger partial charge is 0.478 e. The molecule has 2 aliphatic heterocycles. The Kier molecular flexibility index (Phi) is 12.6. The smallest absolute Gasteiger partial charge is 0.335 e. The van der Waals surface area contributed by atoms with Crippen molar-refractivity contribution in [2.24, 2.45) is 0 Å². The highest BCUT2D eigenvalue weighted by molar-refractivity contribution is 8.03. The maximum Gasteiger partial charge on any atom is 0.335 e. The molecule has 13 heteroatoms. The van der Waals surface area contributed by atoms with Gasteiger partial charge in [-0.3, -0.25) is 9.11 Å². The van der Waals surface area contributed by atoms with E-state index >= 15 is 0 Å². The number of thioether (sulfide) groups is 1. The van der Waals surface area contributed by atoms with Gasteiger partial charge in [0.2, 0.25) is 5.69 Å². The van der Waals surface area contributed by atoms with Crippen molar-refractivity contribution in [3.8, 4) is 0 Å². The number of carboxylic acids is 1. The number of benzene rings is 3. The lowest BCUT2D eigenvalue weighted by Crippen LogP contribution is -2.28. The van der Waals surface area contributed by atoms with Gasteiger partial charge in [0.25, 0.3) is 20.2 Å². The van der Waals surface area contributed by atoms with E-state index in [2.05, 4.69) is 85.7 Å². The Morgan fingerprint density at radius 3 is 2.07 bits per heavy atom. The van der Waals surface area contributed by atoms with Crippen molar-refractivity contribution in [1.29, 1.82) is 0 Å². The Morgan fingerprint density at radius 1 is 0.772 bits per heavy atom. The SMILES string of the molecule is CC1(C)C(/C=C/C2=C(Sc3ccc(C(=O)O)cc3)C(=C/C=C3/N(CCCCS(=O)(=O)O)c4ccccc4C3(C)C)/CC2)=[N+](CCCCS(=O)(=O)O)c2ccccc21. The van der Waals surface area contributed by atoms with Crippen LogP contribution in [0.1, 0.15) is 87.7 Å². The van der Waals surface area contributed by atoms with Crippen LogP contribution in [0.2, 0.25) is 0 Å². The van der Waals surface area contributed by atoms with Crippen LogP contribution >= 0.6 is 11.8 Å². The quantitative estimate of drug-likeness (QED) is 0.0724. The summed E-state index contributed by atoms with van der Waals surface area (Å²) in [6.45, 7) is 9.96. The molecule has 0 aromatic heterocycles. The zero-order valence-electron chi connectivity index (χ0n) is 32.8. The van der Waals surface area contributed by atoms with Gasteiger partial charge in [0.1, 0.15) is 6.54 Å². The molecule has 0 amide bonds. The number of aromatic carboxylic acids is 1. The van der Waals surface area contributed by atoms with E-state index in [9.17, 15) is 35.8 Å². The fourth-order valence-electron chi connectivity index (χ4n) is 8.17. The van der Waals surface area contributed by atoms with Gasteiger partial charge in [0, 0.05) is 57.3 Å². The van der Waals surface area contributed by atoms with Crippen LogP contribution < -0.4 is 4.90 Å². The predicted octanol–water partition coefficient (Wildman–Crippen LogP) is 9.10. The van der Waals surface area contributed by atoms with E-state index in [4.69, 9.17) is 0 Å². The number of rotatable bonds is 16. The minimum Gasteiger partial charge on any atom is -0.478 e. The van der Waals surface area contributed by atoms with Gasteiger partial charge >= 0.3 is 5.97 Å². The number of anilines is 1. The predicted molar refractivity (Wildman–Crippen MR) is 228 cm³/mol. The average molecular weight is 832 g/mol. The summed E-state index contributed by atoms with van der Waals surface area (Å²) >= 11 is 1.61. The number of carboxylic acid groups (broad SMARTS) is 1. The van der Waals surface area contributed by atoms with Crippen molar-refractivity contribution < 1.29 is 40.4 Å². The number of carbonyl (C=O) groups is 1. The molecule has 2 heterocycles. The standard InChI is InChI=1S/C44H50N2O8S3/c1-43(2)35-13-5-7-15-37(35)45(27-9-11-29-56(49,50)51)39(43)25-21-31-17-18-32(41(31)55-34-23-19-33(20-24-34)42(47)48)22-26-40-44(3,4)36-14-6-8-16-38(36)46(40)28-10-12-30-57(52,53)54/h5-8,13-16,19-26H,9-12,17-18,27-30H2,1-4H3,(H2-,47,48,49,50,51,52,53,54)/p+1. The zero-order chi connectivity index (χ0) is 41.2. The van der Waals surface area contributed by atoms with Gasteiger partial charge in [0.05, 0.1) is 22.5 Å². The third-order valence-corrected chi connectivity index (χ3v) is 14.0. The van der Waals surface area contributed by atoms with E-state index < -0.39 is 26.2 Å². The van der Waals surface area contributed by atoms with Crippen molar-refractivity contribution in [2.45, 2.75) is 81.9 Å². The molecular formula is C44H51N2O8S3+. The maximum absolute atomic E-state index is 11.6. The van der Waals surface area contributed by atoms with Gasteiger partial charge in [-0.15, -0.1) is 0 Å². The Morgan fingerprint density at radius 2 is 1.40 bits per heavy atom. The highest BCUT2D eigenvalue weighted by Gasteiger charge is 2.44. The zero-order valence-corrected chi connectivity index (χ0v) is 35.3. The van der Waals surface area contributed by atoms with E-state index in [0.29, 0.717) is 38.8 Å². The molecule has 302 valence electrons. The summed E-state index contributed by atoms with van der Waals surface area (Å²) in [5, 5.41) is 9.53. The first kappa shape index (κ1) is 42.3. The first-order valence-corrected chi connectivity index (χ1v) is 23.3. The summed E-state index contributed by atoms with van der Waals surface area (Å²) in [6.07, 6.45) is 12.2. The van der Waals surface area contributed by atoms with Gasteiger partial charge < -0.3 is 10.0 Å². The monoisotopic (exact) mass is 831 g/mol. The van der Waals surface area contributed by atoms with E-state index in [0.717, 1.165) is 56.6 Å². The van der Waals surface area contributed by atoms with Crippen molar-refractivity contribution >= 4 is 55.1 Å². The van der Waals surface area contributed by atoms with Crippen molar-refractivity contribution in [1.82, 2.24) is 0 Å². The molecule has 57 heavy (non-hydrogen) atoms. The van der Waals surface area contributed by atoms with Gasteiger partial charge in [0.15, 0.2) is 5.71 Å². The lowest BCUT2D eigenvalue weighted by molar-refractivity contribution is -0.438. The molecule has 0 radical (unpaired) electrons. The Balaban J connectivity index is 1.39. The van der Waals surface area contributed by atoms with Crippen LogP contribution in [0.5, 0.6) is 0 Å². The van der Waals surface area contributed by atoms with E-state index in [1.54, 1.807) is 23.9 Å². The molecule has 10 nitrogen and oxygen atoms in total. The molecule has 0 spiro atoms. The van der Waals surface area contributed by atoms with Crippen LogP contribution in [-0.2, 0) is 31.1 Å². The van der Waals surface area contributed by atoms with Crippen LogP contribution in [0.3, 0.4) is 0 Å². The summed E-state index contributed by atoms with van der Waals surface area (Å²) < 4.78 is 66.6. The Bertz CT molecular complexity index is 2420. The second-order valence-electron chi connectivity index (χ2n) is 15.8. The summed E-state index contributed by atoms with van der Waals surface area (Å²) in [5.74, 6) is -1.54. The van der Waals surface area contributed by atoms with Crippen LogP contribution in [0.4, 0.5) is 11.4 Å². The maximum atomic E-state index is 11.6. The highest BCUT2D eigenvalue weighted by atomic mass is 32.2. The van der Waals surface area contributed by atoms with Crippen LogP contribution in [0.15, 0.2) is 124 Å². The molecule has 0 fully saturated rings. The molecule has 6 rings (SSSR count). The number of allylic oxidation sites excluding steroid dienone is 7. The average Bonchev–Trinajstić information content (AvgIpc) is 3.70. The third-order valence-electron chi connectivity index (χ3n) is 11.1. The summed E-state index contributed by atoms with van der Waals surface area (Å²) in [7, 11) is -8.09. The first-order valence-electron chi connectivity index (χ1n) is 19.2. The number of unbranched alkanes of at least 4 members (excludes halogenated alkanes) is 2. The number of hydrogen-bond donors (Lipinski definition) is 3. The number of nitrogens with zero attached hydrogens (tertiary/aromatic N) is 2. The molecule has 0 atom stereocenters. The lowest BCUT2D eigenvalue weighted by Gasteiger charge is -2.27. The van der Waals surface area contributed by atoms with Gasteiger partial charge in [-0.25, -0.2) is 4.79 Å². The minimum atomic E-state index is -4.04. The van der Waals surface area contributed by atoms with Crippen molar-refractivity contribution in [2.75, 3.05) is 29.5 Å².